The van der Waals surface area contributed by atoms with Crippen LogP contribution in [0.1, 0.15) is 36.0 Å². The predicted molar refractivity (Wildman–Crippen MR) is 87.7 cm³/mol. The van der Waals surface area contributed by atoms with E-state index in [0.717, 1.165) is 12.8 Å². The number of nitrogens with zero attached hydrogens (tertiary/aromatic N) is 1. The second-order valence-corrected chi connectivity index (χ2v) is 5.86. The Kier molecular flexibility index (Phi) is 6.55. The fraction of sp³-hybridized carbons (Fsp3) is 0.529. The summed E-state index contributed by atoms with van der Waals surface area (Å²) < 4.78 is 5.47. The number of likely N-dealkylation sites (tertiary alicyclic amines) is 1. The molecule has 2 atom stereocenters. The first kappa shape index (κ1) is 17.4. The standard InChI is InChI=1S/C17H25N3O3/c18-10-5-4-8-15(19)16(21)20-11-9-14(12-20)23-17(22)13-6-2-1-3-7-13/h1-3,6-7,14-15H,4-5,8-12,18-19H2/t14-,15+/m1/s1. The molecule has 0 aliphatic carbocycles. The highest BCUT2D eigenvalue weighted by Crippen LogP contribution is 2.16. The Hall–Kier alpha value is -1.92. The van der Waals surface area contributed by atoms with Crippen molar-refractivity contribution in [1.82, 2.24) is 4.90 Å². The van der Waals surface area contributed by atoms with Crippen LogP contribution >= 0.6 is 0 Å². The molecular weight excluding hydrogens is 294 g/mol. The van der Waals surface area contributed by atoms with Crippen LogP contribution in [0.3, 0.4) is 0 Å². The zero-order valence-electron chi connectivity index (χ0n) is 13.3. The maximum atomic E-state index is 12.3. The number of rotatable bonds is 7. The molecule has 2 rings (SSSR count). The van der Waals surface area contributed by atoms with Crippen LogP contribution in [0.2, 0.25) is 0 Å². The molecule has 0 radical (unpaired) electrons. The maximum Gasteiger partial charge on any atom is 0.338 e. The lowest BCUT2D eigenvalue weighted by Crippen LogP contribution is -2.43. The van der Waals surface area contributed by atoms with Crippen molar-refractivity contribution in [2.45, 2.75) is 37.8 Å². The smallest absolute Gasteiger partial charge is 0.338 e. The minimum absolute atomic E-state index is 0.0692. The summed E-state index contributed by atoms with van der Waals surface area (Å²) in [5, 5.41) is 0. The van der Waals surface area contributed by atoms with Gasteiger partial charge in [-0.25, -0.2) is 4.79 Å². The first-order chi connectivity index (χ1) is 11.1. The molecule has 0 bridgehead atoms. The minimum Gasteiger partial charge on any atom is -0.457 e. The first-order valence-electron chi connectivity index (χ1n) is 8.12. The summed E-state index contributed by atoms with van der Waals surface area (Å²) in [5.41, 5.74) is 11.9. The highest BCUT2D eigenvalue weighted by Gasteiger charge is 2.31. The largest absolute Gasteiger partial charge is 0.457 e. The topological polar surface area (TPSA) is 98.7 Å². The average molecular weight is 319 g/mol. The second-order valence-electron chi connectivity index (χ2n) is 5.86. The number of amides is 1. The molecule has 126 valence electrons. The van der Waals surface area contributed by atoms with Gasteiger partial charge in [-0.2, -0.15) is 0 Å². The van der Waals surface area contributed by atoms with Gasteiger partial charge in [0.05, 0.1) is 18.2 Å². The third-order valence-electron chi connectivity index (χ3n) is 4.03. The molecule has 0 spiro atoms. The van der Waals surface area contributed by atoms with Crippen molar-refractivity contribution in [3.05, 3.63) is 35.9 Å². The zero-order chi connectivity index (χ0) is 16.7. The summed E-state index contributed by atoms with van der Waals surface area (Å²) in [7, 11) is 0. The molecule has 1 aromatic rings. The Morgan fingerprint density at radius 1 is 1.26 bits per heavy atom. The van der Waals surface area contributed by atoms with Crippen LogP contribution in [-0.2, 0) is 9.53 Å². The molecule has 4 N–H and O–H groups in total. The van der Waals surface area contributed by atoms with E-state index in [4.69, 9.17) is 16.2 Å². The lowest BCUT2D eigenvalue weighted by molar-refractivity contribution is -0.132. The van der Waals surface area contributed by atoms with E-state index in [1.165, 1.54) is 0 Å². The van der Waals surface area contributed by atoms with Gasteiger partial charge >= 0.3 is 5.97 Å². The van der Waals surface area contributed by atoms with Crippen molar-refractivity contribution >= 4 is 11.9 Å². The highest BCUT2D eigenvalue weighted by molar-refractivity contribution is 5.89. The molecule has 1 aliphatic rings. The Labute approximate surface area is 136 Å². The van der Waals surface area contributed by atoms with Crippen LogP contribution in [0.15, 0.2) is 30.3 Å². The van der Waals surface area contributed by atoms with Gasteiger partial charge in [0.1, 0.15) is 6.10 Å². The summed E-state index contributed by atoms with van der Waals surface area (Å²) in [6, 6.07) is 8.37. The highest BCUT2D eigenvalue weighted by atomic mass is 16.5. The summed E-state index contributed by atoms with van der Waals surface area (Å²) in [5.74, 6) is -0.419. The SMILES string of the molecule is NCCCC[C@H](N)C(=O)N1CC[C@@H](OC(=O)c2ccccc2)C1. The van der Waals surface area contributed by atoms with E-state index < -0.39 is 6.04 Å². The molecule has 6 nitrogen and oxygen atoms in total. The van der Waals surface area contributed by atoms with Crippen LogP contribution in [0, 0.1) is 0 Å². The third kappa shape index (κ3) is 5.04. The molecule has 1 aliphatic heterocycles. The van der Waals surface area contributed by atoms with Crippen LogP contribution < -0.4 is 11.5 Å². The molecular formula is C17H25N3O3. The molecule has 1 fully saturated rings. The molecule has 0 aromatic heterocycles. The van der Waals surface area contributed by atoms with Crippen LogP contribution in [0.5, 0.6) is 0 Å². The predicted octanol–water partition coefficient (Wildman–Crippen LogP) is 0.901. The Bertz CT molecular complexity index is 521. The summed E-state index contributed by atoms with van der Waals surface area (Å²) in [6.07, 6.45) is 2.76. The van der Waals surface area contributed by atoms with Gasteiger partial charge in [-0.3, -0.25) is 4.79 Å². The van der Waals surface area contributed by atoms with Crippen LogP contribution in [0.25, 0.3) is 0 Å². The molecule has 0 saturated carbocycles. The van der Waals surface area contributed by atoms with Gasteiger partial charge in [0.25, 0.3) is 0 Å². The van der Waals surface area contributed by atoms with Crippen molar-refractivity contribution in [3.8, 4) is 0 Å². The minimum atomic E-state index is -0.495. The molecule has 1 heterocycles. The number of carbonyl (C=O) groups excluding carboxylic acids is 2. The fourth-order valence-electron chi connectivity index (χ4n) is 2.68. The van der Waals surface area contributed by atoms with Gasteiger partial charge < -0.3 is 21.1 Å². The molecule has 0 unspecified atom stereocenters. The van der Waals surface area contributed by atoms with Gasteiger partial charge in [-0.15, -0.1) is 0 Å². The molecule has 6 heteroatoms. The van der Waals surface area contributed by atoms with Crippen LogP contribution in [-0.4, -0.2) is 48.6 Å². The lowest BCUT2D eigenvalue weighted by Gasteiger charge is -2.20. The number of ether oxygens (including phenoxy) is 1. The van der Waals surface area contributed by atoms with Gasteiger partial charge in [-0.1, -0.05) is 24.6 Å². The summed E-state index contributed by atoms with van der Waals surface area (Å²) in [4.78, 5) is 26.0. The number of esters is 1. The van der Waals surface area contributed by atoms with Crippen molar-refractivity contribution in [1.29, 1.82) is 0 Å². The Morgan fingerprint density at radius 2 is 2.00 bits per heavy atom. The number of unbranched alkanes of at least 4 members (excludes halogenated alkanes) is 1. The van der Waals surface area contributed by atoms with E-state index in [0.29, 0.717) is 38.0 Å². The van der Waals surface area contributed by atoms with E-state index in [1.54, 1.807) is 29.2 Å². The molecule has 1 saturated heterocycles. The van der Waals surface area contributed by atoms with Gasteiger partial charge in [0.2, 0.25) is 5.91 Å². The average Bonchev–Trinajstić information content (AvgIpc) is 3.03. The normalized spacial score (nSPS) is 18.7. The molecule has 1 aromatic carbocycles. The van der Waals surface area contributed by atoms with Gasteiger partial charge in [0.15, 0.2) is 0 Å². The quantitative estimate of drug-likeness (QED) is 0.575. The first-order valence-corrected chi connectivity index (χ1v) is 8.12. The Balaban J connectivity index is 1.79. The second kappa shape index (κ2) is 8.64. The number of benzene rings is 1. The lowest BCUT2D eigenvalue weighted by atomic mass is 10.1. The monoisotopic (exact) mass is 319 g/mol. The fourth-order valence-corrected chi connectivity index (χ4v) is 2.68. The van der Waals surface area contributed by atoms with Crippen molar-refractivity contribution in [2.75, 3.05) is 19.6 Å². The van der Waals surface area contributed by atoms with Crippen molar-refractivity contribution < 1.29 is 14.3 Å². The van der Waals surface area contributed by atoms with E-state index >= 15 is 0 Å². The molecule has 23 heavy (non-hydrogen) atoms. The number of hydrogen-bond donors (Lipinski definition) is 2. The van der Waals surface area contributed by atoms with E-state index in [-0.39, 0.29) is 18.0 Å². The number of hydrogen-bond acceptors (Lipinski definition) is 5. The summed E-state index contributed by atoms with van der Waals surface area (Å²) in [6.45, 7) is 1.61. The van der Waals surface area contributed by atoms with Crippen molar-refractivity contribution in [2.24, 2.45) is 11.5 Å². The van der Waals surface area contributed by atoms with E-state index in [1.807, 2.05) is 6.07 Å². The van der Waals surface area contributed by atoms with Crippen molar-refractivity contribution in [3.63, 3.8) is 0 Å². The van der Waals surface area contributed by atoms with Gasteiger partial charge in [-0.05, 0) is 31.5 Å². The number of carbonyl (C=O) groups is 2. The van der Waals surface area contributed by atoms with Gasteiger partial charge in [0, 0.05) is 13.0 Å². The van der Waals surface area contributed by atoms with E-state index in [2.05, 4.69) is 0 Å². The van der Waals surface area contributed by atoms with E-state index in [9.17, 15) is 9.59 Å². The zero-order valence-corrected chi connectivity index (χ0v) is 13.3. The summed E-state index contributed by atoms with van der Waals surface area (Å²) >= 11 is 0. The molecule has 1 amide bonds. The number of nitrogens with two attached hydrogens (primary N) is 2. The maximum absolute atomic E-state index is 12.3. The Morgan fingerprint density at radius 3 is 2.70 bits per heavy atom. The third-order valence-corrected chi connectivity index (χ3v) is 4.03. The van der Waals surface area contributed by atoms with Crippen LogP contribution in [0.4, 0.5) is 0 Å².